The molecular weight excluding hydrogens is 258 g/mol. The normalized spacial score (nSPS) is 12.2. The molecule has 2 rings (SSSR count). The lowest BCUT2D eigenvalue weighted by molar-refractivity contribution is 0.299. The van der Waals surface area contributed by atoms with Crippen molar-refractivity contribution in [2.24, 2.45) is 0 Å². The molecule has 0 fully saturated rings. The first-order valence-corrected chi connectivity index (χ1v) is 7.48. The number of aryl methyl sites for hydroxylation is 3. The van der Waals surface area contributed by atoms with Crippen LogP contribution in [0.1, 0.15) is 40.8 Å². The van der Waals surface area contributed by atoms with Crippen LogP contribution in [0.3, 0.4) is 0 Å². The summed E-state index contributed by atoms with van der Waals surface area (Å²) in [6, 6.07) is 13.1. The predicted molar refractivity (Wildman–Crippen MR) is 88.9 cm³/mol. The molecule has 0 amide bonds. The van der Waals surface area contributed by atoms with Crippen LogP contribution in [0.4, 0.5) is 0 Å². The van der Waals surface area contributed by atoms with Gasteiger partial charge in [0, 0.05) is 11.6 Å². The molecule has 0 aliphatic rings. The summed E-state index contributed by atoms with van der Waals surface area (Å²) in [5, 5.41) is 3.29. The van der Waals surface area contributed by atoms with E-state index in [1.165, 1.54) is 27.8 Å². The molecule has 0 aliphatic carbocycles. The molecular formula is C19H25NO. The number of nitrogens with one attached hydrogen (secondary N) is 1. The van der Waals surface area contributed by atoms with Gasteiger partial charge in [0.25, 0.3) is 0 Å². The number of benzene rings is 2. The predicted octanol–water partition coefficient (Wildman–Crippen LogP) is 4.47. The van der Waals surface area contributed by atoms with Crippen molar-refractivity contribution < 1.29 is 4.74 Å². The fraction of sp³-hybridized carbons (Fsp3) is 0.368. The molecule has 1 atom stereocenters. The molecule has 0 saturated carbocycles. The second-order valence-electron chi connectivity index (χ2n) is 5.77. The molecule has 0 radical (unpaired) electrons. The first kappa shape index (κ1) is 15.6. The van der Waals surface area contributed by atoms with Gasteiger partial charge in [-0.3, -0.25) is 0 Å². The van der Waals surface area contributed by atoms with Crippen LogP contribution in [-0.4, -0.2) is 7.05 Å². The van der Waals surface area contributed by atoms with Gasteiger partial charge in [-0.05, 0) is 51.9 Å². The highest BCUT2D eigenvalue weighted by Gasteiger charge is 2.11. The van der Waals surface area contributed by atoms with E-state index in [-0.39, 0.29) is 6.04 Å². The Morgan fingerprint density at radius 2 is 1.67 bits per heavy atom. The summed E-state index contributed by atoms with van der Waals surface area (Å²) in [5.74, 6) is 0.961. The Hall–Kier alpha value is -1.80. The molecule has 0 aliphatic heterocycles. The van der Waals surface area contributed by atoms with Gasteiger partial charge in [-0.15, -0.1) is 0 Å². The minimum atomic E-state index is 0.276. The third kappa shape index (κ3) is 3.85. The van der Waals surface area contributed by atoms with Gasteiger partial charge in [0.05, 0.1) is 0 Å². The highest BCUT2D eigenvalue weighted by atomic mass is 16.5. The molecule has 2 aromatic rings. The zero-order chi connectivity index (χ0) is 15.4. The smallest absolute Gasteiger partial charge is 0.124 e. The summed E-state index contributed by atoms with van der Waals surface area (Å²) < 4.78 is 6.10. The van der Waals surface area contributed by atoms with Gasteiger partial charge < -0.3 is 10.1 Å². The lowest BCUT2D eigenvalue weighted by Crippen LogP contribution is -2.14. The van der Waals surface area contributed by atoms with Crippen LogP contribution in [0.5, 0.6) is 5.75 Å². The Kier molecular flexibility index (Phi) is 5.03. The van der Waals surface area contributed by atoms with Crippen molar-refractivity contribution in [3.05, 3.63) is 64.2 Å². The Labute approximate surface area is 128 Å². The maximum Gasteiger partial charge on any atom is 0.124 e. The van der Waals surface area contributed by atoms with E-state index in [0.717, 1.165) is 5.75 Å². The van der Waals surface area contributed by atoms with Crippen LogP contribution in [0, 0.1) is 20.8 Å². The third-order valence-electron chi connectivity index (χ3n) is 3.95. The Morgan fingerprint density at radius 3 is 2.38 bits per heavy atom. The summed E-state index contributed by atoms with van der Waals surface area (Å²) in [6.45, 7) is 9.12. The zero-order valence-electron chi connectivity index (χ0n) is 13.7. The lowest BCUT2D eigenvalue weighted by atomic mass is 10.0. The van der Waals surface area contributed by atoms with E-state index in [0.29, 0.717) is 6.61 Å². The molecule has 1 unspecified atom stereocenters. The number of ether oxygens (including phenoxy) is 1. The van der Waals surface area contributed by atoms with Crippen LogP contribution < -0.4 is 10.1 Å². The zero-order valence-corrected chi connectivity index (χ0v) is 13.7. The molecule has 0 heterocycles. The fourth-order valence-corrected chi connectivity index (χ4v) is 2.40. The van der Waals surface area contributed by atoms with Crippen LogP contribution in [0.15, 0.2) is 36.4 Å². The number of hydrogen-bond acceptors (Lipinski definition) is 2. The van der Waals surface area contributed by atoms with Gasteiger partial charge >= 0.3 is 0 Å². The molecule has 0 saturated heterocycles. The van der Waals surface area contributed by atoms with Gasteiger partial charge in [-0.1, -0.05) is 41.5 Å². The van der Waals surface area contributed by atoms with Crippen LogP contribution >= 0.6 is 0 Å². The van der Waals surface area contributed by atoms with Crippen molar-refractivity contribution in [2.75, 3.05) is 7.05 Å². The summed E-state index contributed by atoms with van der Waals surface area (Å²) in [4.78, 5) is 0. The number of hydrogen-bond donors (Lipinski definition) is 1. The van der Waals surface area contributed by atoms with Gasteiger partial charge in [0.1, 0.15) is 12.4 Å². The summed E-state index contributed by atoms with van der Waals surface area (Å²) in [7, 11) is 1.97. The molecule has 0 spiro atoms. The minimum absolute atomic E-state index is 0.276. The monoisotopic (exact) mass is 283 g/mol. The molecule has 2 heteroatoms. The van der Waals surface area contributed by atoms with E-state index < -0.39 is 0 Å². The largest absolute Gasteiger partial charge is 0.489 e. The fourth-order valence-electron chi connectivity index (χ4n) is 2.40. The topological polar surface area (TPSA) is 21.3 Å². The maximum atomic E-state index is 6.10. The van der Waals surface area contributed by atoms with Crippen molar-refractivity contribution in [1.82, 2.24) is 5.32 Å². The minimum Gasteiger partial charge on any atom is -0.489 e. The summed E-state index contributed by atoms with van der Waals surface area (Å²) in [6.07, 6.45) is 0. The van der Waals surface area contributed by atoms with Crippen LogP contribution in [-0.2, 0) is 6.61 Å². The highest BCUT2D eigenvalue weighted by molar-refractivity contribution is 5.39. The van der Waals surface area contributed by atoms with E-state index >= 15 is 0 Å². The number of rotatable bonds is 5. The van der Waals surface area contributed by atoms with Crippen molar-refractivity contribution in [2.45, 2.75) is 40.3 Å². The van der Waals surface area contributed by atoms with E-state index in [1.807, 2.05) is 7.05 Å². The average Bonchev–Trinajstić information content (AvgIpc) is 2.48. The molecule has 2 aromatic carbocycles. The molecule has 2 nitrogen and oxygen atoms in total. The Balaban J connectivity index is 2.21. The van der Waals surface area contributed by atoms with Gasteiger partial charge in [0.2, 0.25) is 0 Å². The first-order valence-electron chi connectivity index (χ1n) is 7.48. The van der Waals surface area contributed by atoms with Crippen LogP contribution in [0.25, 0.3) is 0 Å². The standard InChI is InChI=1S/C19H25NO/c1-13-6-8-15(3)17(10-13)12-21-19-9-7-14(2)11-18(19)16(4)20-5/h6-11,16,20H,12H2,1-5H3. The first-order chi connectivity index (χ1) is 10.0. The van der Waals surface area contributed by atoms with Gasteiger partial charge in [-0.25, -0.2) is 0 Å². The van der Waals surface area contributed by atoms with Crippen molar-refractivity contribution in [1.29, 1.82) is 0 Å². The van der Waals surface area contributed by atoms with E-state index in [9.17, 15) is 0 Å². The molecule has 112 valence electrons. The molecule has 0 bridgehead atoms. The van der Waals surface area contributed by atoms with E-state index in [2.05, 4.69) is 69.4 Å². The average molecular weight is 283 g/mol. The maximum absolute atomic E-state index is 6.10. The van der Waals surface area contributed by atoms with Gasteiger partial charge in [-0.2, -0.15) is 0 Å². The third-order valence-corrected chi connectivity index (χ3v) is 3.95. The van der Waals surface area contributed by atoms with Crippen molar-refractivity contribution in [3.63, 3.8) is 0 Å². The highest BCUT2D eigenvalue weighted by Crippen LogP contribution is 2.27. The second-order valence-corrected chi connectivity index (χ2v) is 5.77. The summed E-state index contributed by atoms with van der Waals surface area (Å²) in [5.41, 5.74) is 6.26. The van der Waals surface area contributed by atoms with Gasteiger partial charge in [0.15, 0.2) is 0 Å². The quantitative estimate of drug-likeness (QED) is 0.874. The molecule has 1 N–H and O–H groups in total. The van der Waals surface area contributed by atoms with Crippen LogP contribution in [0.2, 0.25) is 0 Å². The van der Waals surface area contributed by atoms with E-state index in [4.69, 9.17) is 4.74 Å². The Bertz CT molecular complexity index is 619. The lowest BCUT2D eigenvalue weighted by Gasteiger charge is -2.18. The van der Waals surface area contributed by atoms with E-state index in [1.54, 1.807) is 0 Å². The second kappa shape index (κ2) is 6.77. The SMILES string of the molecule is CNC(C)c1cc(C)ccc1OCc1cc(C)ccc1C. The molecule has 0 aromatic heterocycles. The van der Waals surface area contributed by atoms with Crippen molar-refractivity contribution >= 4 is 0 Å². The van der Waals surface area contributed by atoms with Crippen molar-refractivity contribution in [3.8, 4) is 5.75 Å². The Morgan fingerprint density at radius 1 is 1.00 bits per heavy atom. The summed E-state index contributed by atoms with van der Waals surface area (Å²) >= 11 is 0. The molecule has 21 heavy (non-hydrogen) atoms.